The van der Waals surface area contributed by atoms with Gasteiger partial charge in [-0.2, -0.15) is 0 Å². The maximum absolute atomic E-state index is 12.5. The van der Waals surface area contributed by atoms with E-state index in [1.807, 2.05) is 0 Å². The van der Waals surface area contributed by atoms with Crippen LogP contribution < -0.4 is 4.72 Å². The molecule has 0 aliphatic heterocycles. The fourth-order valence-electron chi connectivity index (χ4n) is 2.30. The molecule has 24 heavy (non-hydrogen) atoms. The summed E-state index contributed by atoms with van der Waals surface area (Å²) in [6, 6.07) is 10.5. The van der Waals surface area contributed by atoms with E-state index in [0.717, 1.165) is 0 Å². The minimum Gasteiger partial charge on any atom is -0.477 e. The van der Waals surface area contributed by atoms with Gasteiger partial charge in [-0.3, -0.25) is 4.72 Å². The van der Waals surface area contributed by atoms with Crippen molar-refractivity contribution in [3.63, 3.8) is 0 Å². The van der Waals surface area contributed by atoms with Crippen molar-refractivity contribution >= 4 is 55.8 Å². The zero-order valence-electron chi connectivity index (χ0n) is 11.9. The summed E-state index contributed by atoms with van der Waals surface area (Å²) in [5.41, 5.74) is -0.146. The molecule has 2 aromatic carbocycles. The Morgan fingerprint density at radius 3 is 2.42 bits per heavy atom. The summed E-state index contributed by atoms with van der Waals surface area (Å²) in [5, 5.41) is 10.0. The van der Waals surface area contributed by atoms with Gasteiger partial charge in [0.25, 0.3) is 10.0 Å². The molecule has 3 rings (SSSR count). The number of H-pyrrole nitrogens is 1. The molecule has 0 bridgehead atoms. The van der Waals surface area contributed by atoms with E-state index in [0.29, 0.717) is 10.5 Å². The number of aromatic carboxylic acids is 1. The van der Waals surface area contributed by atoms with Gasteiger partial charge < -0.3 is 10.1 Å². The molecular weight excluding hydrogens is 375 g/mol. The molecular formula is C15H10Cl2N2O4S. The van der Waals surface area contributed by atoms with Crippen LogP contribution in [0, 0.1) is 0 Å². The Bertz CT molecular complexity index is 1050. The number of aromatic nitrogens is 1. The summed E-state index contributed by atoms with van der Waals surface area (Å²) in [7, 11) is -3.98. The van der Waals surface area contributed by atoms with Crippen LogP contribution in [-0.2, 0) is 10.0 Å². The molecule has 0 atom stereocenters. The standard InChI is InChI=1S/C15H10Cl2N2O4S/c16-8-6-10(17)12-11(7-8)18-14(15(20)21)13(12)19-24(22,23)9-4-2-1-3-5-9/h1-7,18-19H,(H,20,21). The van der Waals surface area contributed by atoms with Crippen LogP contribution in [0.2, 0.25) is 10.0 Å². The fourth-order valence-corrected chi connectivity index (χ4v) is 4.00. The quantitative estimate of drug-likeness (QED) is 0.633. The highest BCUT2D eigenvalue weighted by Crippen LogP contribution is 2.37. The molecule has 0 saturated carbocycles. The second-order valence-electron chi connectivity index (χ2n) is 4.91. The topological polar surface area (TPSA) is 99.3 Å². The first-order chi connectivity index (χ1) is 11.3. The molecule has 3 N–H and O–H groups in total. The molecule has 3 aromatic rings. The van der Waals surface area contributed by atoms with Crippen LogP contribution in [0.5, 0.6) is 0 Å². The van der Waals surface area contributed by atoms with E-state index < -0.39 is 16.0 Å². The van der Waals surface area contributed by atoms with Crippen molar-refractivity contribution in [1.82, 2.24) is 4.98 Å². The van der Waals surface area contributed by atoms with Gasteiger partial charge in [0, 0.05) is 10.4 Å². The number of rotatable bonds is 4. The van der Waals surface area contributed by atoms with E-state index in [1.54, 1.807) is 18.2 Å². The maximum atomic E-state index is 12.5. The number of aromatic amines is 1. The normalized spacial score (nSPS) is 11.6. The Morgan fingerprint density at radius 2 is 1.79 bits per heavy atom. The van der Waals surface area contributed by atoms with Crippen LogP contribution in [0.1, 0.15) is 10.5 Å². The van der Waals surface area contributed by atoms with Crippen molar-refractivity contribution in [3.8, 4) is 0 Å². The Labute approximate surface area is 147 Å². The van der Waals surface area contributed by atoms with Crippen molar-refractivity contribution < 1.29 is 18.3 Å². The molecule has 1 aromatic heterocycles. The SMILES string of the molecule is O=C(O)c1[nH]c2cc(Cl)cc(Cl)c2c1NS(=O)(=O)c1ccccc1. The van der Waals surface area contributed by atoms with Crippen LogP contribution in [0.3, 0.4) is 0 Å². The number of hydrogen-bond donors (Lipinski definition) is 3. The highest BCUT2D eigenvalue weighted by molar-refractivity contribution is 7.92. The highest BCUT2D eigenvalue weighted by atomic mass is 35.5. The van der Waals surface area contributed by atoms with Gasteiger partial charge >= 0.3 is 5.97 Å². The van der Waals surface area contributed by atoms with Gasteiger partial charge in [0.2, 0.25) is 0 Å². The van der Waals surface area contributed by atoms with E-state index >= 15 is 0 Å². The lowest BCUT2D eigenvalue weighted by molar-refractivity contribution is 0.0692. The lowest BCUT2D eigenvalue weighted by Crippen LogP contribution is -2.15. The highest BCUT2D eigenvalue weighted by Gasteiger charge is 2.24. The molecule has 124 valence electrons. The average Bonchev–Trinajstić information content (AvgIpc) is 2.86. The smallest absolute Gasteiger partial charge is 0.354 e. The minimum atomic E-state index is -3.98. The molecule has 0 fully saturated rings. The maximum Gasteiger partial charge on any atom is 0.354 e. The molecule has 0 spiro atoms. The van der Waals surface area contributed by atoms with E-state index in [9.17, 15) is 18.3 Å². The molecule has 0 aliphatic rings. The molecule has 6 nitrogen and oxygen atoms in total. The zero-order chi connectivity index (χ0) is 17.5. The first-order valence-electron chi connectivity index (χ1n) is 6.61. The number of nitrogens with one attached hydrogen (secondary N) is 2. The summed E-state index contributed by atoms with van der Waals surface area (Å²) < 4.78 is 27.3. The first kappa shape index (κ1) is 16.6. The summed E-state index contributed by atoms with van der Waals surface area (Å²) in [4.78, 5) is 14.1. The lowest BCUT2D eigenvalue weighted by atomic mass is 10.2. The van der Waals surface area contributed by atoms with Gasteiger partial charge in [0.05, 0.1) is 21.1 Å². The Hall–Kier alpha value is -2.22. The van der Waals surface area contributed by atoms with Crippen molar-refractivity contribution in [2.45, 2.75) is 4.90 Å². The number of carboxylic acids is 1. The number of sulfonamides is 1. The minimum absolute atomic E-state index is 0.000717. The lowest BCUT2D eigenvalue weighted by Gasteiger charge is -2.09. The van der Waals surface area contributed by atoms with Crippen LogP contribution in [-0.4, -0.2) is 24.5 Å². The molecule has 0 unspecified atom stereocenters. The third-order valence-electron chi connectivity index (χ3n) is 3.32. The second-order valence-corrected chi connectivity index (χ2v) is 7.43. The van der Waals surface area contributed by atoms with Gasteiger partial charge in [-0.15, -0.1) is 0 Å². The Kier molecular flexibility index (Phi) is 4.16. The van der Waals surface area contributed by atoms with Gasteiger partial charge in [0.1, 0.15) is 5.69 Å². The molecule has 9 heteroatoms. The van der Waals surface area contributed by atoms with E-state index in [2.05, 4.69) is 9.71 Å². The average molecular weight is 385 g/mol. The van der Waals surface area contributed by atoms with Gasteiger partial charge in [-0.05, 0) is 24.3 Å². The predicted molar refractivity (Wildman–Crippen MR) is 92.5 cm³/mol. The van der Waals surface area contributed by atoms with Crippen molar-refractivity contribution in [2.75, 3.05) is 4.72 Å². The van der Waals surface area contributed by atoms with Crippen LogP contribution in [0.4, 0.5) is 5.69 Å². The number of hydrogen-bond acceptors (Lipinski definition) is 3. The third kappa shape index (κ3) is 2.93. The van der Waals surface area contributed by atoms with Crippen molar-refractivity contribution in [2.24, 2.45) is 0 Å². The summed E-state index contributed by atoms with van der Waals surface area (Å²) in [6.45, 7) is 0. The molecule has 0 radical (unpaired) electrons. The third-order valence-corrected chi connectivity index (χ3v) is 5.20. The number of carboxylic acid groups (broad SMARTS) is 1. The van der Waals surface area contributed by atoms with Gasteiger partial charge in [-0.25, -0.2) is 13.2 Å². The number of benzene rings is 2. The molecule has 1 heterocycles. The predicted octanol–water partition coefficient (Wildman–Crippen LogP) is 3.97. The largest absolute Gasteiger partial charge is 0.477 e. The summed E-state index contributed by atoms with van der Waals surface area (Å²) in [5.74, 6) is -1.33. The number of halogens is 2. The molecule has 0 amide bonds. The Balaban J connectivity index is 2.22. The summed E-state index contributed by atoms with van der Waals surface area (Å²) in [6.07, 6.45) is 0. The van der Waals surface area contributed by atoms with Crippen LogP contribution in [0.25, 0.3) is 10.9 Å². The van der Waals surface area contributed by atoms with Crippen LogP contribution >= 0.6 is 23.2 Å². The van der Waals surface area contributed by atoms with Crippen molar-refractivity contribution in [3.05, 3.63) is 58.2 Å². The number of carbonyl (C=O) groups is 1. The van der Waals surface area contributed by atoms with Gasteiger partial charge in [-0.1, -0.05) is 41.4 Å². The number of fused-ring (bicyclic) bond motifs is 1. The van der Waals surface area contributed by atoms with Crippen molar-refractivity contribution in [1.29, 1.82) is 0 Å². The summed E-state index contributed by atoms with van der Waals surface area (Å²) >= 11 is 12.0. The first-order valence-corrected chi connectivity index (χ1v) is 8.85. The zero-order valence-corrected chi connectivity index (χ0v) is 14.2. The molecule has 0 saturated heterocycles. The van der Waals surface area contributed by atoms with E-state index in [1.165, 1.54) is 24.3 Å². The van der Waals surface area contributed by atoms with Crippen LogP contribution in [0.15, 0.2) is 47.4 Å². The van der Waals surface area contributed by atoms with E-state index in [-0.39, 0.29) is 26.7 Å². The van der Waals surface area contributed by atoms with E-state index in [4.69, 9.17) is 23.2 Å². The Morgan fingerprint density at radius 1 is 1.12 bits per heavy atom. The number of anilines is 1. The monoisotopic (exact) mass is 384 g/mol. The molecule has 0 aliphatic carbocycles. The second kappa shape index (κ2) is 6.01. The van der Waals surface area contributed by atoms with Gasteiger partial charge in [0.15, 0.2) is 0 Å². The fraction of sp³-hybridized carbons (Fsp3) is 0.